The largest absolute Gasteiger partial charge is 0.468 e. The third-order valence-electron chi connectivity index (χ3n) is 2.64. The molecule has 1 amide bonds. The lowest BCUT2D eigenvalue weighted by molar-refractivity contribution is -0.154. The Morgan fingerprint density at radius 1 is 1.17 bits per heavy atom. The van der Waals surface area contributed by atoms with Crippen molar-refractivity contribution in [3.05, 3.63) is 23.9 Å². The zero-order valence-electron chi connectivity index (χ0n) is 13.7. The molecule has 0 bridgehead atoms. The molecule has 0 aliphatic rings. The lowest BCUT2D eigenvalue weighted by Crippen LogP contribution is -2.43. The van der Waals surface area contributed by atoms with Crippen LogP contribution in [-0.2, 0) is 10.3 Å². The van der Waals surface area contributed by atoms with Crippen LogP contribution < -0.4 is 10.1 Å². The maximum atomic E-state index is 12.1. The molecule has 1 N–H and O–H groups in total. The molecule has 0 atom stereocenters. The maximum absolute atomic E-state index is 12.1. The summed E-state index contributed by atoms with van der Waals surface area (Å²) < 4.78 is 46.1. The second-order valence-electron chi connectivity index (χ2n) is 6.56. The van der Waals surface area contributed by atoms with Gasteiger partial charge in [0.25, 0.3) is 0 Å². The van der Waals surface area contributed by atoms with Gasteiger partial charge in [-0.05, 0) is 40.7 Å². The number of aromatic nitrogens is 1. The van der Waals surface area contributed by atoms with Crippen molar-refractivity contribution < 1.29 is 27.4 Å². The molecule has 0 saturated heterocycles. The number of halogens is 3. The average molecular weight is 334 g/mol. The molecule has 0 aliphatic heterocycles. The lowest BCUT2D eigenvalue weighted by Gasteiger charge is -2.28. The first-order valence-electron chi connectivity index (χ1n) is 6.96. The van der Waals surface area contributed by atoms with Crippen molar-refractivity contribution >= 4 is 6.09 Å². The molecular weight excluding hydrogens is 313 g/mol. The molecule has 1 heterocycles. The van der Waals surface area contributed by atoms with E-state index in [1.165, 1.54) is 18.3 Å². The van der Waals surface area contributed by atoms with Crippen LogP contribution in [0.1, 0.15) is 40.2 Å². The highest BCUT2D eigenvalue weighted by Gasteiger charge is 2.30. The number of amides is 1. The number of nitrogens with one attached hydrogen (secondary N) is 1. The first-order chi connectivity index (χ1) is 10.3. The molecular formula is C15H21F3N2O3. The van der Waals surface area contributed by atoms with Crippen molar-refractivity contribution in [1.29, 1.82) is 0 Å². The minimum Gasteiger partial charge on any atom is -0.468 e. The highest BCUT2D eigenvalue weighted by Crippen LogP contribution is 2.26. The fourth-order valence-corrected chi connectivity index (χ4v) is 1.60. The first kappa shape index (κ1) is 19.1. The standard InChI is InChI=1S/C15H21F3N2O3/c1-13(2,3)20-12(21)23-14(4,5)10-6-7-11(19-8-10)22-9-15(16,17)18/h6-8H,9H2,1-5H3,(H,20,21). The lowest BCUT2D eigenvalue weighted by atomic mass is 10.0. The Morgan fingerprint density at radius 3 is 2.22 bits per heavy atom. The van der Waals surface area contributed by atoms with Crippen molar-refractivity contribution in [3.8, 4) is 5.88 Å². The Labute approximate surface area is 133 Å². The van der Waals surface area contributed by atoms with Gasteiger partial charge in [-0.25, -0.2) is 9.78 Å². The van der Waals surface area contributed by atoms with E-state index in [-0.39, 0.29) is 5.88 Å². The smallest absolute Gasteiger partial charge is 0.422 e. The van der Waals surface area contributed by atoms with E-state index in [1.54, 1.807) is 13.8 Å². The Balaban J connectivity index is 2.72. The normalized spacial score (nSPS) is 12.7. The van der Waals surface area contributed by atoms with E-state index in [1.807, 2.05) is 20.8 Å². The van der Waals surface area contributed by atoms with Crippen molar-refractivity contribution in [1.82, 2.24) is 10.3 Å². The number of ether oxygens (including phenoxy) is 2. The zero-order chi connectivity index (χ0) is 17.9. The summed E-state index contributed by atoms with van der Waals surface area (Å²) in [5, 5.41) is 2.66. The number of rotatable bonds is 4. The maximum Gasteiger partial charge on any atom is 0.422 e. The molecule has 130 valence electrons. The summed E-state index contributed by atoms with van der Waals surface area (Å²) in [5.74, 6) is -0.152. The minimum absolute atomic E-state index is 0.152. The van der Waals surface area contributed by atoms with E-state index in [9.17, 15) is 18.0 Å². The monoisotopic (exact) mass is 334 g/mol. The van der Waals surface area contributed by atoms with E-state index >= 15 is 0 Å². The Bertz CT molecular complexity index is 534. The van der Waals surface area contributed by atoms with Crippen molar-refractivity contribution in [2.45, 2.75) is 51.9 Å². The molecule has 1 rings (SSSR count). The van der Waals surface area contributed by atoms with E-state index in [4.69, 9.17) is 4.74 Å². The Morgan fingerprint density at radius 2 is 1.78 bits per heavy atom. The highest BCUT2D eigenvalue weighted by atomic mass is 19.4. The van der Waals surface area contributed by atoms with Gasteiger partial charge in [0.15, 0.2) is 6.61 Å². The van der Waals surface area contributed by atoms with Gasteiger partial charge < -0.3 is 14.8 Å². The summed E-state index contributed by atoms with van der Waals surface area (Å²) in [5.41, 5.74) is -0.910. The van der Waals surface area contributed by atoms with Crippen molar-refractivity contribution in [2.24, 2.45) is 0 Å². The van der Waals surface area contributed by atoms with Crippen LogP contribution in [0.3, 0.4) is 0 Å². The SMILES string of the molecule is CC(C)(C)NC(=O)OC(C)(C)c1ccc(OCC(F)(F)F)nc1. The van der Waals surface area contributed by atoms with Crippen LogP contribution in [-0.4, -0.2) is 29.4 Å². The molecule has 8 heteroatoms. The van der Waals surface area contributed by atoms with E-state index in [0.717, 1.165) is 0 Å². The zero-order valence-corrected chi connectivity index (χ0v) is 13.7. The quantitative estimate of drug-likeness (QED) is 0.910. The van der Waals surface area contributed by atoms with Crippen molar-refractivity contribution in [2.75, 3.05) is 6.61 Å². The fraction of sp³-hybridized carbons (Fsp3) is 0.600. The second kappa shape index (κ2) is 6.64. The molecule has 1 aromatic rings. The molecule has 23 heavy (non-hydrogen) atoms. The summed E-state index contributed by atoms with van der Waals surface area (Å²) in [6, 6.07) is 2.80. The molecule has 1 aromatic heterocycles. The van der Waals surface area contributed by atoms with Gasteiger partial charge in [-0.3, -0.25) is 0 Å². The number of carbonyl (C=O) groups is 1. The van der Waals surface area contributed by atoms with E-state index < -0.39 is 30.0 Å². The van der Waals surface area contributed by atoms with Crippen LogP contribution in [0, 0.1) is 0 Å². The fourth-order valence-electron chi connectivity index (χ4n) is 1.60. The summed E-state index contributed by atoms with van der Waals surface area (Å²) in [4.78, 5) is 15.6. The van der Waals surface area contributed by atoms with Gasteiger partial charge >= 0.3 is 12.3 Å². The van der Waals surface area contributed by atoms with E-state index in [0.29, 0.717) is 5.56 Å². The van der Waals surface area contributed by atoms with E-state index in [2.05, 4.69) is 15.0 Å². The molecule has 0 unspecified atom stereocenters. The summed E-state index contributed by atoms with van der Waals surface area (Å²) in [6.45, 7) is 7.35. The number of nitrogens with zero attached hydrogens (tertiary/aromatic N) is 1. The third-order valence-corrected chi connectivity index (χ3v) is 2.64. The molecule has 0 aromatic carbocycles. The molecule has 5 nitrogen and oxygen atoms in total. The molecule has 0 saturated carbocycles. The number of hydrogen-bond acceptors (Lipinski definition) is 4. The van der Waals surface area contributed by atoms with Crippen LogP contribution in [0.15, 0.2) is 18.3 Å². The number of alkyl halides is 3. The van der Waals surface area contributed by atoms with Crippen LogP contribution in [0.25, 0.3) is 0 Å². The summed E-state index contributed by atoms with van der Waals surface area (Å²) >= 11 is 0. The third kappa shape index (κ3) is 7.21. The summed E-state index contributed by atoms with van der Waals surface area (Å²) in [6.07, 6.45) is -3.70. The van der Waals surface area contributed by atoms with Gasteiger partial charge in [-0.15, -0.1) is 0 Å². The van der Waals surface area contributed by atoms with Gasteiger partial charge in [-0.1, -0.05) is 0 Å². The molecule has 0 radical (unpaired) electrons. The van der Waals surface area contributed by atoms with Crippen LogP contribution >= 0.6 is 0 Å². The highest BCUT2D eigenvalue weighted by molar-refractivity contribution is 5.68. The number of alkyl carbamates (subject to hydrolysis) is 1. The van der Waals surface area contributed by atoms with Crippen LogP contribution in [0.4, 0.5) is 18.0 Å². The van der Waals surface area contributed by atoms with Gasteiger partial charge in [0, 0.05) is 23.4 Å². The van der Waals surface area contributed by atoms with Crippen LogP contribution in [0.5, 0.6) is 5.88 Å². The molecule has 0 aliphatic carbocycles. The van der Waals surface area contributed by atoms with Gasteiger partial charge in [0.2, 0.25) is 5.88 Å². The minimum atomic E-state index is -4.42. The Hall–Kier alpha value is -1.99. The van der Waals surface area contributed by atoms with Gasteiger partial charge in [-0.2, -0.15) is 13.2 Å². The number of hydrogen-bond donors (Lipinski definition) is 1. The van der Waals surface area contributed by atoms with Crippen LogP contribution in [0.2, 0.25) is 0 Å². The number of pyridine rings is 1. The van der Waals surface area contributed by atoms with Gasteiger partial charge in [0.05, 0.1) is 0 Å². The van der Waals surface area contributed by atoms with Crippen molar-refractivity contribution in [3.63, 3.8) is 0 Å². The topological polar surface area (TPSA) is 60.5 Å². The van der Waals surface area contributed by atoms with Gasteiger partial charge in [0.1, 0.15) is 5.60 Å². The predicted octanol–water partition coefficient (Wildman–Crippen LogP) is 3.78. The summed E-state index contributed by atoms with van der Waals surface area (Å²) in [7, 11) is 0. The molecule has 0 fully saturated rings. The average Bonchev–Trinajstić information content (AvgIpc) is 2.33. The number of carbonyl (C=O) groups excluding carboxylic acids is 1. The predicted molar refractivity (Wildman–Crippen MR) is 78.2 cm³/mol. The first-order valence-corrected chi connectivity index (χ1v) is 6.96. The molecule has 0 spiro atoms. The Kier molecular flexibility index (Phi) is 5.50. The second-order valence-corrected chi connectivity index (χ2v) is 6.56.